The van der Waals surface area contributed by atoms with Crippen LogP contribution in [0.2, 0.25) is 5.15 Å². The number of aromatic nitrogens is 2. The van der Waals surface area contributed by atoms with Gasteiger partial charge in [0.2, 0.25) is 0 Å². The molecule has 4 nitrogen and oxygen atoms in total. The molecule has 0 unspecified atom stereocenters. The molecule has 0 saturated carbocycles. The molecule has 1 N–H and O–H groups in total. The topological polar surface area (TPSA) is 49.0 Å². The van der Waals surface area contributed by atoms with Gasteiger partial charge in [0.15, 0.2) is 0 Å². The van der Waals surface area contributed by atoms with E-state index in [1.54, 1.807) is 31.3 Å². The van der Waals surface area contributed by atoms with Crippen LogP contribution in [-0.4, -0.2) is 34.9 Å². The highest BCUT2D eigenvalue weighted by atomic mass is 79.9. The van der Waals surface area contributed by atoms with Crippen LogP contribution in [0, 0.1) is 0 Å². The van der Waals surface area contributed by atoms with Crippen LogP contribution in [0.3, 0.4) is 0 Å². The number of nitrogens with zero attached hydrogens (tertiary/aromatic N) is 2. The number of benzene rings is 1. The number of hydrogen-bond acceptors (Lipinski definition) is 2. The highest BCUT2D eigenvalue weighted by Gasteiger charge is 2.18. The summed E-state index contributed by atoms with van der Waals surface area (Å²) in [6.45, 7) is 0. The number of rotatable bonds is 3. The smallest absolute Gasteiger partial charge is 0.256 e. The monoisotopic (exact) mass is 403 g/mol. The summed E-state index contributed by atoms with van der Waals surface area (Å²) in [5.41, 5.74) is 3.23. The molecule has 3 rings (SSSR count). The molecule has 0 atom stereocenters. The maximum absolute atomic E-state index is 12.6. The Bertz CT molecular complexity index is 929. The van der Waals surface area contributed by atoms with Gasteiger partial charge in [-0.3, -0.25) is 4.79 Å². The predicted octanol–water partition coefficient (Wildman–Crippen LogP) is 4.85. The van der Waals surface area contributed by atoms with Crippen molar-refractivity contribution in [2.45, 2.75) is 0 Å². The molecule has 6 heteroatoms. The average Bonchev–Trinajstić information content (AvgIpc) is 2.90. The fourth-order valence-corrected chi connectivity index (χ4v) is 2.91. The molecule has 0 saturated heterocycles. The van der Waals surface area contributed by atoms with E-state index < -0.39 is 0 Å². The van der Waals surface area contributed by atoms with Crippen LogP contribution in [-0.2, 0) is 0 Å². The Balaban J connectivity index is 2.10. The SMILES string of the molecule is CN(C)C(=O)c1c(/C=C/c2ccc(Cl)nc2)[nH]c2cc(Br)ccc12. The van der Waals surface area contributed by atoms with Gasteiger partial charge in [-0.05, 0) is 29.8 Å². The van der Waals surface area contributed by atoms with Gasteiger partial charge in [0, 0.05) is 35.7 Å². The van der Waals surface area contributed by atoms with Crippen molar-refractivity contribution in [3.63, 3.8) is 0 Å². The summed E-state index contributed by atoms with van der Waals surface area (Å²) in [5.74, 6) is -0.0440. The number of amides is 1. The van der Waals surface area contributed by atoms with Crippen LogP contribution in [0.5, 0.6) is 0 Å². The normalized spacial score (nSPS) is 11.3. The van der Waals surface area contributed by atoms with E-state index in [1.807, 2.05) is 36.4 Å². The second-order valence-corrected chi connectivity index (χ2v) is 6.85. The molecule has 0 fully saturated rings. The van der Waals surface area contributed by atoms with E-state index in [2.05, 4.69) is 25.9 Å². The third-order valence-electron chi connectivity index (χ3n) is 3.60. The zero-order valence-electron chi connectivity index (χ0n) is 13.2. The molecule has 1 amide bonds. The number of nitrogens with one attached hydrogen (secondary N) is 1. The Kier molecular flexibility index (Phi) is 4.73. The summed E-state index contributed by atoms with van der Waals surface area (Å²) >= 11 is 9.26. The van der Waals surface area contributed by atoms with Crippen LogP contribution in [0.4, 0.5) is 0 Å². The molecular weight excluding hydrogens is 390 g/mol. The summed E-state index contributed by atoms with van der Waals surface area (Å²) in [5, 5.41) is 1.34. The third kappa shape index (κ3) is 3.37. The van der Waals surface area contributed by atoms with Gasteiger partial charge in [0.1, 0.15) is 5.15 Å². The zero-order chi connectivity index (χ0) is 17.3. The quantitative estimate of drug-likeness (QED) is 0.634. The van der Waals surface area contributed by atoms with Gasteiger partial charge in [-0.25, -0.2) is 4.98 Å². The number of pyridine rings is 1. The molecule has 0 bridgehead atoms. The minimum Gasteiger partial charge on any atom is -0.354 e. The van der Waals surface area contributed by atoms with Gasteiger partial charge >= 0.3 is 0 Å². The second-order valence-electron chi connectivity index (χ2n) is 5.55. The van der Waals surface area contributed by atoms with Gasteiger partial charge in [0.05, 0.1) is 11.3 Å². The molecule has 0 aliphatic heterocycles. The lowest BCUT2D eigenvalue weighted by molar-refractivity contribution is 0.0829. The zero-order valence-corrected chi connectivity index (χ0v) is 15.5. The van der Waals surface area contributed by atoms with E-state index in [9.17, 15) is 4.79 Å². The maximum atomic E-state index is 12.6. The number of carbonyl (C=O) groups excluding carboxylic acids is 1. The Morgan fingerprint density at radius 1 is 1.25 bits per heavy atom. The Labute approximate surface area is 153 Å². The van der Waals surface area contributed by atoms with Crippen LogP contribution in [0.25, 0.3) is 23.1 Å². The first-order valence-electron chi connectivity index (χ1n) is 7.28. The molecule has 24 heavy (non-hydrogen) atoms. The van der Waals surface area contributed by atoms with Gasteiger partial charge < -0.3 is 9.88 Å². The predicted molar refractivity (Wildman–Crippen MR) is 102 cm³/mol. The van der Waals surface area contributed by atoms with Crippen molar-refractivity contribution >= 4 is 56.5 Å². The Morgan fingerprint density at radius 2 is 2.04 bits per heavy atom. The minimum absolute atomic E-state index is 0.0440. The van der Waals surface area contributed by atoms with Crippen LogP contribution >= 0.6 is 27.5 Å². The van der Waals surface area contributed by atoms with Gasteiger partial charge in [-0.1, -0.05) is 45.7 Å². The van der Waals surface area contributed by atoms with E-state index in [1.165, 1.54) is 0 Å². The number of hydrogen-bond donors (Lipinski definition) is 1. The lowest BCUT2D eigenvalue weighted by Gasteiger charge is -2.10. The maximum Gasteiger partial charge on any atom is 0.256 e. The molecule has 1 aromatic carbocycles. The van der Waals surface area contributed by atoms with Crippen molar-refractivity contribution in [3.05, 3.63) is 63.0 Å². The van der Waals surface area contributed by atoms with Gasteiger partial charge in [-0.15, -0.1) is 0 Å². The standard InChI is InChI=1S/C18H15BrClN3O/c1-23(2)18(24)17-13-6-5-12(19)9-15(13)22-14(17)7-3-11-4-8-16(20)21-10-11/h3-10,22H,1-2H3/b7-3+. The van der Waals surface area contributed by atoms with Gasteiger partial charge in [-0.2, -0.15) is 0 Å². The van der Waals surface area contributed by atoms with Crippen LogP contribution in [0.1, 0.15) is 21.6 Å². The number of halogens is 2. The Hall–Kier alpha value is -2.11. The summed E-state index contributed by atoms with van der Waals surface area (Å²) in [6.07, 6.45) is 5.47. The number of fused-ring (bicyclic) bond motifs is 1. The van der Waals surface area contributed by atoms with Crippen LogP contribution < -0.4 is 0 Å². The van der Waals surface area contributed by atoms with Crippen molar-refractivity contribution in [2.75, 3.05) is 14.1 Å². The minimum atomic E-state index is -0.0440. The van der Waals surface area contributed by atoms with Crippen molar-refractivity contribution < 1.29 is 4.79 Å². The van der Waals surface area contributed by atoms with E-state index >= 15 is 0 Å². The molecule has 0 radical (unpaired) electrons. The number of carbonyl (C=O) groups is 1. The summed E-state index contributed by atoms with van der Waals surface area (Å²) < 4.78 is 0.956. The van der Waals surface area contributed by atoms with Crippen molar-refractivity contribution in [1.29, 1.82) is 0 Å². The first-order valence-corrected chi connectivity index (χ1v) is 8.45. The van der Waals surface area contributed by atoms with E-state index in [-0.39, 0.29) is 5.91 Å². The third-order valence-corrected chi connectivity index (χ3v) is 4.32. The van der Waals surface area contributed by atoms with E-state index in [0.29, 0.717) is 10.7 Å². The van der Waals surface area contributed by atoms with Gasteiger partial charge in [0.25, 0.3) is 5.91 Å². The highest BCUT2D eigenvalue weighted by Crippen LogP contribution is 2.27. The molecule has 2 aromatic heterocycles. The van der Waals surface area contributed by atoms with Crippen molar-refractivity contribution in [1.82, 2.24) is 14.9 Å². The fraction of sp³-hybridized carbons (Fsp3) is 0.111. The molecular formula is C18H15BrClN3O. The lowest BCUT2D eigenvalue weighted by atomic mass is 10.1. The summed E-state index contributed by atoms with van der Waals surface area (Å²) in [6, 6.07) is 9.43. The molecule has 0 aliphatic rings. The molecule has 2 heterocycles. The van der Waals surface area contributed by atoms with Crippen LogP contribution in [0.15, 0.2) is 41.0 Å². The summed E-state index contributed by atoms with van der Waals surface area (Å²) in [4.78, 5) is 21.6. The van der Waals surface area contributed by atoms with Crippen molar-refractivity contribution in [2.24, 2.45) is 0 Å². The Morgan fingerprint density at radius 3 is 2.71 bits per heavy atom. The lowest BCUT2D eigenvalue weighted by Crippen LogP contribution is -2.22. The van der Waals surface area contributed by atoms with E-state index in [4.69, 9.17) is 11.6 Å². The number of H-pyrrole nitrogens is 1. The first-order chi connectivity index (χ1) is 11.5. The molecule has 0 aliphatic carbocycles. The molecule has 0 spiro atoms. The largest absolute Gasteiger partial charge is 0.354 e. The first kappa shape index (κ1) is 16.7. The molecule has 3 aromatic rings. The average molecular weight is 405 g/mol. The fourth-order valence-electron chi connectivity index (χ4n) is 2.43. The summed E-state index contributed by atoms with van der Waals surface area (Å²) in [7, 11) is 3.49. The number of aromatic amines is 1. The second kappa shape index (κ2) is 6.79. The van der Waals surface area contributed by atoms with Crippen molar-refractivity contribution in [3.8, 4) is 0 Å². The van der Waals surface area contributed by atoms with E-state index in [0.717, 1.165) is 26.6 Å². The highest BCUT2D eigenvalue weighted by molar-refractivity contribution is 9.10. The molecule has 122 valence electrons.